The number of carbonyl (C=O) groups is 1. The molecule has 1 heterocycles. The lowest BCUT2D eigenvalue weighted by Crippen LogP contribution is -2.32. The van der Waals surface area contributed by atoms with E-state index in [4.69, 9.17) is 5.11 Å². The molecule has 0 saturated carbocycles. The van der Waals surface area contributed by atoms with Gasteiger partial charge in [-0.2, -0.15) is 13.2 Å². The SMILES string of the molecule is O=C(O)C1Cc2c([nH]c3ccccc23)C(C(F)(F)F)C1. The number of para-hydroxylation sites is 1. The Morgan fingerprint density at radius 3 is 2.65 bits per heavy atom. The first kappa shape index (κ1) is 13.0. The normalized spacial score (nSPS) is 22.8. The zero-order valence-corrected chi connectivity index (χ0v) is 10.4. The highest BCUT2D eigenvalue weighted by Gasteiger charge is 2.47. The molecule has 3 rings (SSSR count). The topological polar surface area (TPSA) is 53.1 Å². The minimum atomic E-state index is -4.44. The van der Waals surface area contributed by atoms with Gasteiger partial charge in [0.1, 0.15) is 0 Å². The van der Waals surface area contributed by atoms with Gasteiger partial charge in [0.25, 0.3) is 0 Å². The maximum absolute atomic E-state index is 13.2. The van der Waals surface area contributed by atoms with Crippen LogP contribution in [-0.4, -0.2) is 22.2 Å². The quantitative estimate of drug-likeness (QED) is 0.842. The summed E-state index contributed by atoms with van der Waals surface area (Å²) in [5.41, 5.74) is 1.23. The molecular formula is C14H12F3NO2. The molecule has 1 aliphatic rings. The van der Waals surface area contributed by atoms with Crippen molar-refractivity contribution in [3.8, 4) is 0 Å². The molecule has 6 heteroatoms. The van der Waals surface area contributed by atoms with Crippen molar-refractivity contribution in [2.45, 2.75) is 24.9 Å². The Morgan fingerprint density at radius 1 is 1.30 bits per heavy atom. The summed E-state index contributed by atoms with van der Waals surface area (Å²) in [5.74, 6) is -3.90. The third kappa shape index (κ3) is 1.95. The van der Waals surface area contributed by atoms with Crippen LogP contribution in [0.2, 0.25) is 0 Å². The standard InChI is InChI=1S/C14H12F3NO2/c15-14(16,17)10-6-7(13(19)20)5-9-8-3-1-2-4-11(8)18-12(9)10/h1-4,7,10,18H,5-6H2,(H,19,20). The first-order valence-electron chi connectivity index (χ1n) is 6.27. The predicted octanol–water partition coefficient (Wildman–Crippen LogP) is 3.46. The molecule has 1 aromatic heterocycles. The highest BCUT2D eigenvalue weighted by atomic mass is 19.4. The monoisotopic (exact) mass is 283 g/mol. The van der Waals surface area contributed by atoms with Crippen molar-refractivity contribution in [2.75, 3.05) is 0 Å². The molecule has 106 valence electrons. The van der Waals surface area contributed by atoms with E-state index in [1.165, 1.54) is 0 Å². The van der Waals surface area contributed by atoms with Crippen molar-refractivity contribution in [2.24, 2.45) is 5.92 Å². The number of nitrogens with one attached hydrogen (secondary N) is 1. The number of H-pyrrole nitrogens is 1. The van der Waals surface area contributed by atoms with Crippen LogP contribution in [0.15, 0.2) is 24.3 Å². The Morgan fingerprint density at radius 2 is 2.00 bits per heavy atom. The second-order valence-electron chi connectivity index (χ2n) is 5.13. The molecule has 1 aromatic carbocycles. The van der Waals surface area contributed by atoms with E-state index in [9.17, 15) is 18.0 Å². The number of rotatable bonds is 1. The number of aliphatic carboxylic acids is 1. The van der Waals surface area contributed by atoms with Crippen molar-refractivity contribution in [3.05, 3.63) is 35.5 Å². The van der Waals surface area contributed by atoms with Crippen LogP contribution in [0.4, 0.5) is 13.2 Å². The molecule has 2 N–H and O–H groups in total. The summed E-state index contributed by atoms with van der Waals surface area (Å²) < 4.78 is 39.5. The second-order valence-corrected chi connectivity index (χ2v) is 5.13. The summed E-state index contributed by atoms with van der Waals surface area (Å²) in [4.78, 5) is 13.9. The summed E-state index contributed by atoms with van der Waals surface area (Å²) >= 11 is 0. The van der Waals surface area contributed by atoms with Gasteiger partial charge in [-0.3, -0.25) is 4.79 Å². The van der Waals surface area contributed by atoms with Gasteiger partial charge < -0.3 is 10.1 Å². The molecule has 0 radical (unpaired) electrons. The van der Waals surface area contributed by atoms with Gasteiger partial charge in [0, 0.05) is 16.6 Å². The molecule has 2 aromatic rings. The van der Waals surface area contributed by atoms with Crippen molar-refractivity contribution < 1.29 is 23.1 Å². The lowest BCUT2D eigenvalue weighted by atomic mass is 9.79. The van der Waals surface area contributed by atoms with Gasteiger partial charge in [-0.05, 0) is 24.5 Å². The van der Waals surface area contributed by atoms with E-state index in [0.29, 0.717) is 16.5 Å². The molecule has 0 aliphatic heterocycles. The van der Waals surface area contributed by atoms with Gasteiger partial charge in [0.2, 0.25) is 0 Å². The molecule has 20 heavy (non-hydrogen) atoms. The van der Waals surface area contributed by atoms with E-state index in [2.05, 4.69) is 4.98 Å². The Kier molecular flexibility index (Phi) is 2.77. The van der Waals surface area contributed by atoms with E-state index in [-0.39, 0.29) is 12.1 Å². The highest BCUT2D eigenvalue weighted by Crippen LogP contribution is 2.46. The van der Waals surface area contributed by atoms with Crippen LogP contribution in [0.1, 0.15) is 23.6 Å². The number of carboxylic acid groups (broad SMARTS) is 1. The number of benzene rings is 1. The number of fused-ring (bicyclic) bond motifs is 3. The van der Waals surface area contributed by atoms with Gasteiger partial charge in [-0.25, -0.2) is 0 Å². The van der Waals surface area contributed by atoms with Crippen LogP contribution in [0, 0.1) is 5.92 Å². The largest absolute Gasteiger partial charge is 0.481 e. The van der Waals surface area contributed by atoms with Crippen LogP contribution in [-0.2, 0) is 11.2 Å². The van der Waals surface area contributed by atoms with Crippen molar-refractivity contribution >= 4 is 16.9 Å². The lowest BCUT2D eigenvalue weighted by molar-refractivity contribution is -0.161. The summed E-state index contributed by atoms with van der Waals surface area (Å²) in [6.07, 6.45) is -4.70. The van der Waals surface area contributed by atoms with E-state index in [1.54, 1.807) is 24.3 Å². The van der Waals surface area contributed by atoms with Crippen LogP contribution >= 0.6 is 0 Å². The van der Waals surface area contributed by atoms with Gasteiger partial charge in [-0.1, -0.05) is 18.2 Å². The van der Waals surface area contributed by atoms with E-state index < -0.39 is 30.4 Å². The Hall–Kier alpha value is -1.98. The second kappa shape index (κ2) is 4.26. The van der Waals surface area contributed by atoms with Crippen molar-refractivity contribution in [3.63, 3.8) is 0 Å². The minimum absolute atomic E-state index is 0.121. The lowest BCUT2D eigenvalue weighted by Gasteiger charge is -2.28. The summed E-state index contributed by atoms with van der Waals surface area (Å²) in [6, 6.07) is 6.91. The third-order valence-corrected chi connectivity index (χ3v) is 3.91. The number of hydrogen-bond donors (Lipinski definition) is 2. The molecule has 0 bridgehead atoms. The predicted molar refractivity (Wildman–Crippen MR) is 66.5 cm³/mol. The van der Waals surface area contributed by atoms with Crippen molar-refractivity contribution in [1.82, 2.24) is 4.98 Å². The molecule has 2 unspecified atom stereocenters. The van der Waals surface area contributed by atoms with Gasteiger partial charge in [-0.15, -0.1) is 0 Å². The van der Waals surface area contributed by atoms with Gasteiger partial charge in [0.05, 0.1) is 11.8 Å². The smallest absolute Gasteiger partial charge is 0.397 e. The average Bonchev–Trinajstić information content (AvgIpc) is 2.74. The molecule has 0 spiro atoms. The number of halogens is 3. The van der Waals surface area contributed by atoms with E-state index in [1.807, 2.05) is 0 Å². The van der Waals surface area contributed by atoms with E-state index >= 15 is 0 Å². The summed E-state index contributed by atoms with van der Waals surface area (Å²) in [6.45, 7) is 0. The fourth-order valence-electron chi connectivity index (χ4n) is 2.96. The molecular weight excluding hydrogens is 271 g/mol. The molecule has 0 saturated heterocycles. The van der Waals surface area contributed by atoms with Crippen molar-refractivity contribution in [1.29, 1.82) is 0 Å². The third-order valence-electron chi connectivity index (χ3n) is 3.91. The number of aromatic nitrogens is 1. The maximum atomic E-state index is 13.2. The van der Waals surface area contributed by atoms with E-state index in [0.717, 1.165) is 0 Å². The Labute approximate surface area is 112 Å². The average molecular weight is 283 g/mol. The Balaban J connectivity index is 2.19. The van der Waals surface area contributed by atoms with Crippen LogP contribution in [0.25, 0.3) is 10.9 Å². The fraction of sp³-hybridized carbons (Fsp3) is 0.357. The van der Waals surface area contributed by atoms with Crippen LogP contribution < -0.4 is 0 Å². The molecule has 2 atom stereocenters. The maximum Gasteiger partial charge on any atom is 0.397 e. The van der Waals surface area contributed by atoms with Crippen LogP contribution in [0.3, 0.4) is 0 Å². The zero-order valence-electron chi connectivity index (χ0n) is 10.4. The molecule has 0 fully saturated rings. The number of carboxylic acids is 1. The molecule has 0 amide bonds. The number of aromatic amines is 1. The minimum Gasteiger partial charge on any atom is -0.481 e. The molecule has 3 nitrogen and oxygen atoms in total. The Bertz CT molecular complexity index is 675. The first-order chi connectivity index (χ1) is 9.38. The van der Waals surface area contributed by atoms with Gasteiger partial charge >= 0.3 is 12.1 Å². The fourth-order valence-corrected chi connectivity index (χ4v) is 2.96. The summed E-state index contributed by atoms with van der Waals surface area (Å²) in [5, 5.41) is 9.76. The summed E-state index contributed by atoms with van der Waals surface area (Å²) in [7, 11) is 0. The zero-order chi connectivity index (χ0) is 14.5. The number of hydrogen-bond acceptors (Lipinski definition) is 1. The highest BCUT2D eigenvalue weighted by molar-refractivity contribution is 5.86. The molecule has 1 aliphatic carbocycles. The number of alkyl halides is 3. The van der Waals surface area contributed by atoms with Crippen LogP contribution in [0.5, 0.6) is 0 Å². The first-order valence-corrected chi connectivity index (χ1v) is 6.27. The van der Waals surface area contributed by atoms with Gasteiger partial charge in [0.15, 0.2) is 0 Å².